The molecule has 0 unspecified atom stereocenters. The number of guanidine groups is 1. The van der Waals surface area contributed by atoms with Crippen molar-refractivity contribution in [2.24, 2.45) is 4.99 Å². The van der Waals surface area contributed by atoms with Gasteiger partial charge in [0.25, 0.3) is 0 Å². The van der Waals surface area contributed by atoms with Gasteiger partial charge in [0, 0.05) is 37.9 Å². The molecule has 0 spiro atoms. The third kappa shape index (κ3) is 6.97. The predicted molar refractivity (Wildman–Crippen MR) is 114 cm³/mol. The van der Waals surface area contributed by atoms with Crippen molar-refractivity contribution in [2.45, 2.75) is 45.2 Å². The largest absolute Gasteiger partial charge is 0.481 e. The summed E-state index contributed by atoms with van der Waals surface area (Å²) in [6.45, 7) is 8.53. The monoisotopic (exact) mass is 461 g/mol. The highest BCUT2D eigenvalue weighted by atomic mass is 127. The Morgan fingerprint density at radius 1 is 1.24 bits per heavy atom. The van der Waals surface area contributed by atoms with Crippen LogP contribution in [-0.2, 0) is 6.54 Å². The van der Waals surface area contributed by atoms with Crippen LogP contribution in [0.5, 0.6) is 5.88 Å². The van der Waals surface area contributed by atoms with Gasteiger partial charge in [0.05, 0.1) is 7.11 Å². The van der Waals surface area contributed by atoms with Crippen LogP contribution in [0.1, 0.15) is 38.7 Å². The number of rotatable bonds is 6. The molecular weight excluding hydrogens is 429 g/mol. The summed E-state index contributed by atoms with van der Waals surface area (Å²) in [6, 6.07) is 3.87. The van der Waals surface area contributed by atoms with E-state index in [0.29, 0.717) is 12.4 Å². The molecule has 2 heterocycles. The van der Waals surface area contributed by atoms with E-state index in [2.05, 4.69) is 39.4 Å². The number of likely N-dealkylation sites (tertiary alicyclic amines) is 1. The Morgan fingerprint density at radius 3 is 2.52 bits per heavy atom. The van der Waals surface area contributed by atoms with Gasteiger partial charge in [-0.15, -0.1) is 24.0 Å². The molecule has 1 saturated heterocycles. The Bertz CT molecular complexity index is 527. The first-order valence-corrected chi connectivity index (χ1v) is 8.73. The molecule has 0 aliphatic carbocycles. The first-order valence-electron chi connectivity index (χ1n) is 8.73. The Morgan fingerprint density at radius 2 is 1.96 bits per heavy atom. The number of nitrogens with zero attached hydrogens (tertiary/aromatic N) is 3. The van der Waals surface area contributed by atoms with Crippen LogP contribution >= 0.6 is 24.0 Å². The molecule has 2 rings (SSSR count). The summed E-state index contributed by atoms with van der Waals surface area (Å²) >= 11 is 0. The van der Waals surface area contributed by atoms with Crippen molar-refractivity contribution in [2.75, 3.05) is 33.8 Å². The molecule has 2 N–H and O–H groups in total. The summed E-state index contributed by atoms with van der Waals surface area (Å²) in [5.74, 6) is 1.44. The van der Waals surface area contributed by atoms with Crippen LogP contribution in [0, 0.1) is 0 Å². The number of pyridine rings is 1. The lowest BCUT2D eigenvalue weighted by Gasteiger charge is -2.41. The molecule has 6 nitrogen and oxygen atoms in total. The zero-order valence-electron chi connectivity index (χ0n) is 15.8. The topological polar surface area (TPSA) is 61.8 Å². The van der Waals surface area contributed by atoms with Gasteiger partial charge < -0.3 is 15.4 Å². The fourth-order valence-electron chi connectivity index (χ4n) is 2.95. The van der Waals surface area contributed by atoms with Gasteiger partial charge in [-0.25, -0.2) is 4.98 Å². The Balaban J connectivity index is 0.00000312. The zero-order valence-corrected chi connectivity index (χ0v) is 18.2. The van der Waals surface area contributed by atoms with E-state index >= 15 is 0 Å². The maximum atomic E-state index is 5.08. The minimum absolute atomic E-state index is 0. The second-order valence-electron chi connectivity index (χ2n) is 6.85. The average molecular weight is 461 g/mol. The fourth-order valence-corrected chi connectivity index (χ4v) is 2.95. The number of nitrogens with one attached hydrogen (secondary N) is 2. The third-order valence-electron chi connectivity index (χ3n) is 4.59. The van der Waals surface area contributed by atoms with E-state index in [1.54, 1.807) is 14.2 Å². The molecule has 142 valence electrons. The number of aromatic nitrogens is 1. The fraction of sp³-hybridized carbons (Fsp3) is 0.667. The lowest BCUT2D eigenvalue weighted by Crippen LogP contribution is -2.54. The second-order valence-corrected chi connectivity index (χ2v) is 6.85. The van der Waals surface area contributed by atoms with E-state index in [9.17, 15) is 0 Å². The first-order chi connectivity index (χ1) is 11.5. The number of piperidine rings is 1. The minimum Gasteiger partial charge on any atom is -0.481 e. The van der Waals surface area contributed by atoms with Crippen molar-refractivity contribution < 1.29 is 4.74 Å². The van der Waals surface area contributed by atoms with Crippen LogP contribution in [0.15, 0.2) is 23.3 Å². The zero-order chi connectivity index (χ0) is 17.4. The highest BCUT2D eigenvalue weighted by Gasteiger charge is 2.27. The summed E-state index contributed by atoms with van der Waals surface area (Å²) < 4.78 is 5.08. The van der Waals surface area contributed by atoms with E-state index in [-0.39, 0.29) is 29.5 Å². The van der Waals surface area contributed by atoms with Crippen molar-refractivity contribution in [1.82, 2.24) is 20.5 Å². The Hall–Kier alpha value is -1.09. The van der Waals surface area contributed by atoms with Crippen LogP contribution in [0.2, 0.25) is 0 Å². The minimum atomic E-state index is 0. The van der Waals surface area contributed by atoms with Crippen molar-refractivity contribution in [3.05, 3.63) is 23.9 Å². The summed E-state index contributed by atoms with van der Waals surface area (Å²) in [4.78, 5) is 11.1. The van der Waals surface area contributed by atoms with Crippen molar-refractivity contribution in [3.63, 3.8) is 0 Å². The molecule has 0 bridgehead atoms. The average Bonchev–Trinajstić information content (AvgIpc) is 2.63. The SMILES string of the molecule is CN=C(NCc1ccc(OC)nc1)NCC(C)(C)N1CCCCC1.I. The van der Waals surface area contributed by atoms with E-state index in [0.717, 1.165) is 18.1 Å². The molecule has 1 aromatic rings. The smallest absolute Gasteiger partial charge is 0.212 e. The van der Waals surface area contributed by atoms with Gasteiger partial charge in [0.15, 0.2) is 5.96 Å². The van der Waals surface area contributed by atoms with Crippen molar-refractivity contribution in [1.29, 1.82) is 0 Å². The summed E-state index contributed by atoms with van der Waals surface area (Å²) in [7, 11) is 3.42. The summed E-state index contributed by atoms with van der Waals surface area (Å²) in [6.07, 6.45) is 5.79. The van der Waals surface area contributed by atoms with Crippen LogP contribution in [0.3, 0.4) is 0 Å². The number of methoxy groups -OCH3 is 1. The first kappa shape index (κ1) is 22.0. The molecule has 0 radical (unpaired) electrons. The molecule has 1 aliphatic rings. The highest BCUT2D eigenvalue weighted by molar-refractivity contribution is 14.0. The van der Waals surface area contributed by atoms with E-state index in [1.165, 1.54) is 32.4 Å². The Kier molecular flexibility index (Phi) is 9.48. The molecule has 0 amide bonds. The number of hydrogen-bond acceptors (Lipinski definition) is 4. The summed E-state index contributed by atoms with van der Waals surface area (Å²) in [5, 5.41) is 6.79. The van der Waals surface area contributed by atoms with Crippen LogP contribution in [0.4, 0.5) is 0 Å². The maximum Gasteiger partial charge on any atom is 0.212 e. The van der Waals surface area contributed by atoms with Crippen LogP contribution in [0.25, 0.3) is 0 Å². The van der Waals surface area contributed by atoms with E-state index in [1.807, 2.05) is 18.3 Å². The van der Waals surface area contributed by atoms with E-state index < -0.39 is 0 Å². The molecule has 1 fully saturated rings. The maximum absolute atomic E-state index is 5.08. The molecule has 1 aliphatic heterocycles. The van der Waals surface area contributed by atoms with Gasteiger partial charge in [0.1, 0.15) is 0 Å². The second kappa shape index (κ2) is 10.8. The van der Waals surface area contributed by atoms with Gasteiger partial charge >= 0.3 is 0 Å². The molecule has 7 heteroatoms. The molecule has 0 atom stereocenters. The van der Waals surface area contributed by atoms with Gasteiger partial charge in [-0.1, -0.05) is 12.5 Å². The van der Waals surface area contributed by atoms with Gasteiger partial charge in [-0.05, 0) is 45.3 Å². The predicted octanol–water partition coefficient (Wildman–Crippen LogP) is 2.64. The summed E-state index contributed by atoms with van der Waals surface area (Å²) in [5.41, 5.74) is 1.22. The van der Waals surface area contributed by atoms with Crippen molar-refractivity contribution in [3.8, 4) is 5.88 Å². The van der Waals surface area contributed by atoms with Gasteiger partial charge in [0.2, 0.25) is 5.88 Å². The molecule has 25 heavy (non-hydrogen) atoms. The van der Waals surface area contributed by atoms with Crippen LogP contribution in [-0.4, -0.2) is 55.2 Å². The third-order valence-corrected chi connectivity index (χ3v) is 4.59. The van der Waals surface area contributed by atoms with Gasteiger partial charge in [-0.3, -0.25) is 9.89 Å². The molecule has 0 aromatic carbocycles. The van der Waals surface area contributed by atoms with Crippen LogP contribution < -0.4 is 15.4 Å². The molecule has 1 aromatic heterocycles. The lowest BCUT2D eigenvalue weighted by molar-refractivity contribution is 0.0982. The van der Waals surface area contributed by atoms with Crippen molar-refractivity contribution >= 4 is 29.9 Å². The number of hydrogen-bond donors (Lipinski definition) is 2. The number of halogens is 1. The standard InChI is InChI=1S/C18H31N5O.HI/c1-18(2,23-10-6-5-7-11-23)14-22-17(19-3)21-13-15-8-9-16(24-4)20-12-15;/h8-9,12H,5-7,10-11,13-14H2,1-4H3,(H2,19,21,22);1H. The van der Waals surface area contributed by atoms with E-state index in [4.69, 9.17) is 4.74 Å². The lowest BCUT2D eigenvalue weighted by atomic mass is 9.98. The molecular formula is C18H32IN5O. The normalized spacial score (nSPS) is 16.1. The van der Waals surface area contributed by atoms with Gasteiger partial charge in [-0.2, -0.15) is 0 Å². The highest BCUT2D eigenvalue weighted by Crippen LogP contribution is 2.19. The number of aliphatic imine (C=N–C) groups is 1. The number of ether oxygens (including phenoxy) is 1. The quantitative estimate of drug-likeness (QED) is 0.388. The Labute approximate surface area is 168 Å². The molecule has 0 saturated carbocycles.